The number of carbonyl (C=O) groups excluding carboxylic acids is 3. The molecular weight excluding hydrogens is 308 g/mol. The molecule has 0 N–H and O–H groups in total. The predicted octanol–water partition coefficient (Wildman–Crippen LogP) is 0.602. The lowest BCUT2D eigenvalue weighted by molar-refractivity contribution is -0.137. The molecule has 7 heteroatoms. The summed E-state index contributed by atoms with van der Waals surface area (Å²) < 4.78 is 0. The van der Waals surface area contributed by atoms with Crippen LogP contribution in [0.3, 0.4) is 0 Å². The van der Waals surface area contributed by atoms with Gasteiger partial charge in [-0.1, -0.05) is 0 Å². The number of amides is 3. The maximum atomic E-state index is 12.5. The summed E-state index contributed by atoms with van der Waals surface area (Å²) in [5.41, 5.74) is 1.08. The second kappa shape index (κ2) is 7.59. The normalized spacial score (nSPS) is 14.0. The van der Waals surface area contributed by atoms with Gasteiger partial charge in [0.15, 0.2) is 0 Å². The van der Waals surface area contributed by atoms with Gasteiger partial charge in [0.05, 0.1) is 11.6 Å². The van der Waals surface area contributed by atoms with Gasteiger partial charge >= 0.3 is 0 Å². The number of benzene rings is 1. The second-order valence-corrected chi connectivity index (χ2v) is 5.65. The lowest BCUT2D eigenvalue weighted by atomic mass is 10.2. The minimum atomic E-state index is -0.240. The third-order valence-corrected chi connectivity index (χ3v) is 4.06. The van der Waals surface area contributed by atoms with E-state index in [1.807, 2.05) is 6.07 Å². The fourth-order valence-corrected chi connectivity index (χ4v) is 2.61. The molecule has 2 rings (SSSR count). The van der Waals surface area contributed by atoms with Gasteiger partial charge in [-0.3, -0.25) is 14.4 Å². The third kappa shape index (κ3) is 4.10. The van der Waals surface area contributed by atoms with E-state index in [4.69, 9.17) is 5.26 Å². The van der Waals surface area contributed by atoms with Crippen LogP contribution in [0.25, 0.3) is 0 Å². The Bertz CT molecular complexity index is 670. The zero-order chi connectivity index (χ0) is 17.7. The van der Waals surface area contributed by atoms with Gasteiger partial charge in [0.25, 0.3) is 0 Å². The van der Waals surface area contributed by atoms with Crippen LogP contribution in [0.1, 0.15) is 19.4 Å². The minimum Gasteiger partial charge on any atom is -0.339 e. The van der Waals surface area contributed by atoms with Crippen LogP contribution in [0.4, 0.5) is 5.69 Å². The smallest absolute Gasteiger partial charge is 0.242 e. The molecule has 0 radical (unpaired) electrons. The van der Waals surface area contributed by atoms with E-state index in [1.165, 1.54) is 18.7 Å². The van der Waals surface area contributed by atoms with Gasteiger partial charge in [-0.05, 0) is 24.3 Å². The Morgan fingerprint density at radius 1 is 1.04 bits per heavy atom. The molecule has 3 amide bonds. The molecule has 0 aromatic heterocycles. The van der Waals surface area contributed by atoms with Crippen LogP contribution in [-0.2, 0) is 14.4 Å². The Balaban J connectivity index is 2.02. The fourth-order valence-electron chi connectivity index (χ4n) is 2.61. The van der Waals surface area contributed by atoms with E-state index >= 15 is 0 Å². The van der Waals surface area contributed by atoms with Crippen molar-refractivity contribution in [3.63, 3.8) is 0 Å². The maximum Gasteiger partial charge on any atom is 0.242 e. The van der Waals surface area contributed by atoms with Crippen molar-refractivity contribution in [2.45, 2.75) is 13.8 Å². The lowest BCUT2D eigenvalue weighted by Gasteiger charge is -2.35. The molecule has 1 fully saturated rings. The van der Waals surface area contributed by atoms with Crippen LogP contribution in [0, 0.1) is 11.3 Å². The van der Waals surface area contributed by atoms with E-state index in [9.17, 15) is 14.4 Å². The van der Waals surface area contributed by atoms with Gasteiger partial charge in [0.1, 0.15) is 6.54 Å². The van der Waals surface area contributed by atoms with Gasteiger partial charge < -0.3 is 14.7 Å². The first-order valence-corrected chi connectivity index (χ1v) is 7.74. The monoisotopic (exact) mass is 328 g/mol. The van der Waals surface area contributed by atoms with E-state index in [2.05, 4.69) is 0 Å². The molecule has 126 valence electrons. The van der Waals surface area contributed by atoms with Crippen molar-refractivity contribution in [2.75, 3.05) is 37.6 Å². The molecule has 0 bridgehead atoms. The number of piperazine rings is 1. The Morgan fingerprint density at radius 2 is 1.58 bits per heavy atom. The van der Waals surface area contributed by atoms with Crippen LogP contribution in [-0.4, -0.2) is 60.2 Å². The molecule has 0 unspecified atom stereocenters. The molecule has 0 saturated carbocycles. The van der Waals surface area contributed by atoms with E-state index in [-0.39, 0.29) is 24.3 Å². The van der Waals surface area contributed by atoms with Gasteiger partial charge in [-0.15, -0.1) is 0 Å². The molecule has 7 nitrogen and oxygen atoms in total. The van der Waals surface area contributed by atoms with Crippen LogP contribution >= 0.6 is 0 Å². The van der Waals surface area contributed by atoms with Gasteiger partial charge in [-0.2, -0.15) is 5.26 Å². The van der Waals surface area contributed by atoms with E-state index < -0.39 is 0 Å². The highest BCUT2D eigenvalue weighted by Gasteiger charge is 2.25. The van der Waals surface area contributed by atoms with Crippen LogP contribution in [0.2, 0.25) is 0 Å². The molecule has 24 heavy (non-hydrogen) atoms. The molecule has 1 aliphatic heterocycles. The van der Waals surface area contributed by atoms with Gasteiger partial charge in [-0.25, -0.2) is 0 Å². The van der Waals surface area contributed by atoms with Crippen molar-refractivity contribution in [1.29, 1.82) is 5.26 Å². The number of hydrogen-bond acceptors (Lipinski definition) is 4. The number of nitrogens with zero attached hydrogens (tertiary/aromatic N) is 4. The van der Waals surface area contributed by atoms with Crippen LogP contribution < -0.4 is 4.90 Å². The first-order valence-electron chi connectivity index (χ1n) is 7.74. The summed E-state index contributed by atoms with van der Waals surface area (Å²) in [5, 5.41) is 8.83. The Labute approximate surface area is 141 Å². The fraction of sp³-hybridized carbons (Fsp3) is 0.412. The number of nitriles is 1. The molecule has 1 aromatic carbocycles. The van der Waals surface area contributed by atoms with Crippen molar-refractivity contribution in [2.24, 2.45) is 0 Å². The number of carbonyl (C=O) groups is 3. The highest BCUT2D eigenvalue weighted by Crippen LogP contribution is 2.16. The number of anilines is 1. The van der Waals surface area contributed by atoms with Crippen molar-refractivity contribution in [3.05, 3.63) is 29.8 Å². The van der Waals surface area contributed by atoms with Crippen molar-refractivity contribution < 1.29 is 14.4 Å². The molecule has 1 aliphatic rings. The third-order valence-electron chi connectivity index (χ3n) is 4.06. The molecular formula is C17H20N4O3. The number of rotatable bonds is 3. The standard InChI is InChI=1S/C17H20N4O3/c1-13(22)19-7-9-20(10-8-19)17(24)12-21(14(2)23)16-5-3-15(11-18)4-6-16/h3-6H,7-10,12H2,1-2H3. The van der Waals surface area contributed by atoms with Crippen LogP contribution in [0.5, 0.6) is 0 Å². The first kappa shape index (κ1) is 17.5. The predicted molar refractivity (Wildman–Crippen MR) is 88.0 cm³/mol. The Hall–Kier alpha value is -2.88. The van der Waals surface area contributed by atoms with Crippen LogP contribution in [0.15, 0.2) is 24.3 Å². The van der Waals surface area contributed by atoms with E-state index in [0.29, 0.717) is 37.4 Å². The maximum absolute atomic E-state index is 12.5. The molecule has 0 spiro atoms. The second-order valence-electron chi connectivity index (χ2n) is 5.65. The van der Waals surface area contributed by atoms with Crippen molar-refractivity contribution >= 4 is 23.4 Å². The van der Waals surface area contributed by atoms with Crippen molar-refractivity contribution in [1.82, 2.24) is 9.80 Å². The highest BCUT2D eigenvalue weighted by molar-refractivity contribution is 5.97. The minimum absolute atomic E-state index is 0.00467. The summed E-state index contributed by atoms with van der Waals surface area (Å²) in [6.45, 7) is 4.82. The summed E-state index contributed by atoms with van der Waals surface area (Å²) in [5.74, 6) is -0.391. The highest BCUT2D eigenvalue weighted by atomic mass is 16.2. The molecule has 1 saturated heterocycles. The first-order chi connectivity index (χ1) is 11.4. The van der Waals surface area contributed by atoms with Crippen molar-refractivity contribution in [3.8, 4) is 6.07 Å². The summed E-state index contributed by atoms with van der Waals surface area (Å²) >= 11 is 0. The SMILES string of the molecule is CC(=O)N1CCN(C(=O)CN(C(C)=O)c2ccc(C#N)cc2)CC1. The van der Waals surface area contributed by atoms with Gasteiger partial charge in [0.2, 0.25) is 17.7 Å². The largest absolute Gasteiger partial charge is 0.339 e. The molecule has 0 aliphatic carbocycles. The summed E-state index contributed by atoms with van der Waals surface area (Å²) in [4.78, 5) is 40.4. The molecule has 0 atom stereocenters. The zero-order valence-electron chi connectivity index (χ0n) is 13.9. The average Bonchev–Trinajstić information content (AvgIpc) is 2.59. The lowest BCUT2D eigenvalue weighted by Crippen LogP contribution is -2.52. The van der Waals surface area contributed by atoms with E-state index in [1.54, 1.807) is 34.1 Å². The summed E-state index contributed by atoms with van der Waals surface area (Å²) in [6, 6.07) is 8.55. The Morgan fingerprint density at radius 3 is 2.04 bits per heavy atom. The molecule has 1 heterocycles. The average molecular weight is 328 g/mol. The quantitative estimate of drug-likeness (QED) is 0.813. The summed E-state index contributed by atoms with van der Waals surface area (Å²) in [6.07, 6.45) is 0. The Kier molecular flexibility index (Phi) is 5.53. The zero-order valence-corrected chi connectivity index (χ0v) is 13.9. The van der Waals surface area contributed by atoms with E-state index in [0.717, 1.165) is 0 Å². The van der Waals surface area contributed by atoms with Gasteiger partial charge in [0, 0.05) is 45.7 Å². The molecule has 1 aromatic rings. The number of hydrogen-bond donors (Lipinski definition) is 0. The summed E-state index contributed by atoms with van der Waals surface area (Å²) in [7, 11) is 0. The topological polar surface area (TPSA) is 84.7 Å².